The topological polar surface area (TPSA) is 38.8 Å². The molecule has 0 radical (unpaired) electrons. The molecule has 0 bridgehead atoms. The van der Waals surface area contributed by atoms with E-state index in [1.54, 1.807) is 7.05 Å². The molecule has 1 aliphatic rings. The minimum atomic E-state index is -0.0866. The fraction of sp³-hybridized carbons (Fsp3) is 0.238. The maximum Gasteiger partial charge on any atom is 0.265 e. The Labute approximate surface area is 179 Å². The van der Waals surface area contributed by atoms with Crippen molar-refractivity contribution in [3.63, 3.8) is 0 Å². The first kappa shape index (κ1) is 20.7. The van der Waals surface area contributed by atoms with Crippen LogP contribution in [0, 0.1) is 6.92 Å². The molecule has 3 rings (SSSR count). The second-order valence-electron chi connectivity index (χ2n) is 6.24. The minimum Gasteiger partial charge on any atom is -0.493 e. The predicted molar refractivity (Wildman–Crippen MR) is 119 cm³/mol. The zero-order valence-electron chi connectivity index (χ0n) is 15.6. The second kappa shape index (κ2) is 9.45. The first-order valence-corrected chi connectivity index (χ1v) is 10.4. The Bertz CT molecular complexity index is 930. The second-order valence-corrected chi connectivity index (χ2v) is 8.32. The molecule has 146 valence electrons. The third kappa shape index (κ3) is 5.07. The Kier molecular flexibility index (Phi) is 6.99. The molecule has 2 aromatic carbocycles. The van der Waals surface area contributed by atoms with Crippen LogP contribution < -0.4 is 9.47 Å². The zero-order valence-corrected chi connectivity index (χ0v) is 18.0. The van der Waals surface area contributed by atoms with Crippen molar-refractivity contribution in [2.75, 3.05) is 20.3 Å². The lowest BCUT2D eigenvalue weighted by molar-refractivity contribution is -0.121. The Morgan fingerprint density at radius 3 is 2.64 bits per heavy atom. The van der Waals surface area contributed by atoms with Crippen molar-refractivity contribution in [2.24, 2.45) is 0 Å². The summed E-state index contributed by atoms with van der Waals surface area (Å²) in [6.07, 6.45) is 2.55. The molecular formula is C21H20ClNO3S2. The highest BCUT2D eigenvalue weighted by atomic mass is 35.5. The van der Waals surface area contributed by atoms with Crippen molar-refractivity contribution >= 4 is 51.9 Å². The monoisotopic (exact) mass is 433 g/mol. The largest absolute Gasteiger partial charge is 0.493 e. The Morgan fingerprint density at radius 2 is 1.93 bits per heavy atom. The van der Waals surface area contributed by atoms with Crippen LogP contribution in [0.1, 0.15) is 17.5 Å². The number of aryl methyl sites for hydroxylation is 1. The molecule has 0 N–H and O–H groups in total. The molecular weight excluding hydrogens is 414 g/mol. The van der Waals surface area contributed by atoms with Crippen molar-refractivity contribution < 1.29 is 14.3 Å². The normalized spacial score (nSPS) is 15.4. The molecule has 0 spiro atoms. The molecule has 0 aliphatic carbocycles. The number of hydrogen-bond acceptors (Lipinski definition) is 5. The molecule has 2 aromatic rings. The SMILES string of the molecule is Cc1cc(OCCCOc2ccccc2C=C2SC(=S)N(C)C2=O)ccc1Cl. The average molecular weight is 434 g/mol. The van der Waals surface area contributed by atoms with Gasteiger partial charge in [0.2, 0.25) is 0 Å². The molecule has 1 aliphatic heterocycles. The zero-order chi connectivity index (χ0) is 20.1. The molecule has 1 heterocycles. The number of amides is 1. The predicted octanol–water partition coefficient (Wildman–Crippen LogP) is 5.33. The van der Waals surface area contributed by atoms with Crippen molar-refractivity contribution in [1.82, 2.24) is 4.90 Å². The van der Waals surface area contributed by atoms with Gasteiger partial charge in [-0.1, -0.05) is 53.8 Å². The highest BCUT2D eigenvalue weighted by molar-refractivity contribution is 8.26. The summed E-state index contributed by atoms with van der Waals surface area (Å²) in [5.74, 6) is 1.44. The number of rotatable bonds is 7. The number of carbonyl (C=O) groups is 1. The molecule has 0 atom stereocenters. The summed E-state index contributed by atoms with van der Waals surface area (Å²) < 4.78 is 12.2. The van der Waals surface area contributed by atoms with Crippen LogP contribution in [0.15, 0.2) is 47.4 Å². The lowest BCUT2D eigenvalue weighted by Crippen LogP contribution is -2.22. The van der Waals surface area contributed by atoms with E-state index < -0.39 is 0 Å². The van der Waals surface area contributed by atoms with E-state index in [9.17, 15) is 4.79 Å². The number of carbonyl (C=O) groups excluding carboxylic acids is 1. The fourth-order valence-corrected chi connectivity index (χ4v) is 3.84. The molecule has 1 amide bonds. The maximum absolute atomic E-state index is 12.2. The number of nitrogens with zero attached hydrogens (tertiary/aromatic N) is 1. The lowest BCUT2D eigenvalue weighted by Gasteiger charge is -2.11. The highest BCUT2D eigenvalue weighted by Crippen LogP contribution is 2.33. The van der Waals surface area contributed by atoms with Crippen LogP contribution in [0.25, 0.3) is 6.08 Å². The summed E-state index contributed by atoms with van der Waals surface area (Å²) in [6, 6.07) is 13.2. The number of para-hydroxylation sites is 1. The van der Waals surface area contributed by atoms with Gasteiger partial charge in [0.05, 0.1) is 18.1 Å². The van der Waals surface area contributed by atoms with Crippen LogP contribution in [-0.4, -0.2) is 35.4 Å². The molecule has 1 saturated heterocycles. The van der Waals surface area contributed by atoms with Gasteiger partial charge in [-0.05, 0) is 42.8 Å². The third-order valence-electron chi connectivity index (χ3n) is 4.14. The van der Waals surface area contributed by atoms with Crippen LogP contribution in [0.3, 0.4) is 0 Å². The summed E-state index contributed by atoms with van der Waals surface area (Å²) >= 11 is 12.5. The number of hydrogen-bond donors (Lipinski definition) is 0. The van der Waals surface area contributed by atoms with E-state index in [0.29, 0.717) is 22.4 Å². The van der Waals surface area contributed by atoms with E-state index in [4.69, 9.17) is 33.3 Å². The van der Waals surface area contributed by atoms with E-state index in [1.807, 2.05) is 55.5 Å². The van der Waals surface area contributed by atoms with Gasteiger partial charge in [0.25, 0.3) is 5.91 Å². The first-order valence-electron chi connectivity index (χ1n) is 8.78. The quantitative estimate of drug-likeness (QED) is 0.335. The molecule has 0 unspecified atom stereocenters. The van der Waals surface area contributed by atoms with Crippen molar-refractivity contribution in [1.29, 1.82) is 0 Å². The van der Waals surface area contributed by atoms with E-state index >= 15 is 0 Å². The number of ether oxygens (including phenoxy) is 2. The van der Waals surface area contributed by atoms with Crippen LogP contribution in [0.4, 0.5) is 0 Å². The summed E-state index contributed by atoms with van der Waals surface area (Å²) in [4.78, 5) is 14.3. The van der Waals surface area contributed by atoms with Gasteiger partial charge < -0.3 is 9.47 Å². The van der Waals surface area contributed by atoms with Gasteiger partial charge in [0.15, 0.2) is 0 Å². The van der Waals surface area contributed by atoms with Crippen molar-refractivity contribution in [3.05, 3.63) is 63.5 Å². The van der Waals surface area contributed by atoms with E-state index in [2.05, 4.69) is 0 Å². The molecule has 0 aromatic heterocycles. The van der Waals surface area contributed by atoms with Gasteiger partial charge >= 0.3 is 0 Å². The average Bonchev–Trinajstić information content (AvgIpc) is 2.92. The molecule has 4 nitrogen and oxygen atoms in total. The Hall–Kier alpha value is -2.02. The highest BCUT2D eigenvalue weighted by Gasteiger charge is 2.28. The molecule has 1 fully saturated rings. The summed E-state index contributed by atoms with van der Waals surface area (Å²) in [5, 5.41) is 0.729. The van der Waals surface area contributed by atoms with E-state index in [1.165, 1.54) is 16.7 Å². The van der Waals surface area contributed by atoms with Crippen LogP contribution in [0.2, 0.25) is 5.02 Å². The van der Waals surface area contributed by atoms with Crippen molar-refractivity contribution in [2.45, 2.75) is 13.3 Å². The molecule has 28 heavy (non-hydrogen) atoms. The van der Waals surface area contributed by atoms with Crippen LogP contribution >= 0.6 is 35.6 Å². The Balaban J connectivity index is 1.55. The Morgan fingerprint density at radius 1 is 1.18 bits per heavy atom. The van der Waals surface area contributed by atoms with Gasteiger partial charge in [-0.25, -0.2) is 0 Å². The molecule has 7 heteroatoms. The van der Waals surface area contributed by atoms with Gasteiger partial charge in [-0.2, -0.15) is 0 Å². The minimum absolute atomic E-state index is 0.0866. The molecule has 0 saturated carbocycles. The van der Waals surface area contributed by atoms with Crippen LogP contribution in [-0.2, 0) is 4.79 Å². The van der Waals surface area contributed by atoms with Gasteiger partial charge in [-0.3, -0.25) is 9.69 Å². The van der Waals surface area contributed by atoms with E-state index in [-0.39, 0.29) is 5.91 Å². The smallest absolute Gasteiger partial charge is 0.265 e. The number of likely N-dealkylation sites (N-methyl/N-ethyl adjacent to an activating group) is 1. The fourth-order valence-electron chi connectivity index (χ4n) is 2.56. The maximum atomic E-state index is 12.2. The number of thiocarbonyl (C=S) groups is 1. The third-order valence-corrected chi connectivity index (χ3v) is 6.05. The van der Waals surface area contributed by atoms with Crippen molar-refractivity contribution in [3.8, 4) is 11.5 Å². The van der Waals surface area contributed by atoms with Crippen LogP contribution in [0.5, 0.6) is 11.5 Å². The lowest BCUT2D eigenvalue weighted by atomic mass is 10.2. The van der Waals surface area contributed by atoms with Gasteiger partial charge in [0.1, 0.15) is 15.8 Å². The van der Waals surface area contributed by atoms with E-state index in [0.717, 1.165) is 34.1 Å². The summed E-state index contributed by atoms with van der Waals surface area (Å²) in [6.45, 7) is 2.99. The summed E-state index contributed by atoms with van der Waals surface area (Å²) in [5.41, 5.74) is 1.84. The summed E-state index contributed by atoms with van der Waals surface area (Å²) in [7, 11) is 1.68. The number of thioether (sulfide) groups is 1. The number of halogens is 1. The standard InChI is InChI=1S/C21H20ClNO3S2/c1-14-12-16(8-9-17(14)22)25-10-5-11-26-18-7-4-3-6-15(18)13-19-20(24)23(2)21(27)28-19/h3-4,6-9,12-13H,5,10-11H2,1-2H3. The van der Waals surface area contributed by atoms with Gasteiger partial charge in [0, 0.05) is 24.1 Å². The van der Waals surface area contributed by atoms with Gasteiger partial charge in [-0.15, -0.1) is 0 Å². The number of benzene rings is 2. The first-order chi connectivity index (χ1) is 13.5.